The van der Waals surface area contributed by atoms with Crippen molar-refractivity contribution >= 4 is 21.6 Å². The summed E-state index contributed by atoms with van der Waals surface area (Å²) in [5.74, 6) is -0.0560. The van der Waals surface area contributed by atoms with E-state index < -0.39 is 14.9 Å². The van der Waals surface area contributed by atoms with Gasteiger partial charge in [0, 0.05) is 45.2 Å². The average molecular weight is 389 g/mol. The highest BCUT2D eigenvalue weighted by Crippen LogP contribution is 2.25. The summed E-state index contributed by atoms with van der Waals surface area (Å²) in [5.41, 5.74) is 1.53. The fourth-order valence-electron chi connectivity index (χ4n) is 2.99. The first-order chi connectivity index (χ1) is 12.8. The topological polar surface area (TPSA) is 101 Å². The summed E-state index contributed by atoms with van der Waals surface area (Å²) in [7, 11) is -3.62. The van der Waals surface area contributed by atoms with Crippen molar-refractivity contribution in [3.63, 3.8) is 0 Å². The van der Waals surface area contributed by atoms with E-state index in [0.717, 1.165) is 11.1 Å². The number of piperazine rings is 1. The van der Waals surface area contributed by atoms with Gasteiger partial charge in [-0.3, -0.25) is 14.9 Å². The van der Waals surface area contributed by atoms with Crippen molar-refractivity contribution in [1.82, 2.24) is 9.21 Å². The minimum Gasteiger partial charge on any atom is -0.340 e. The molecule has 0 unspecified atom stereocenters. The zero-order valence-electron chi connectivity index (χ0n) is 14.7. The third kappa shape index (κ3) is 3.99. The minimum atomic E-state index is -3.62. The number of carbonyl (C=O) groups excluding carboxylic acids is 1. The van der Waals surface area contributed by atoms with Crippen LogP contribution in [-0.4, -0.2) is 54.6 Å². The number of nitro groups is 1. The molecule has 0 atom stereocenters. The molecule has 1 amide bonds. The van der Waals surface area contributed by atoms with Crippen LogP contribution in [0.15, 0.2) is 53.4 Å². The Bertz CT molecular complexity index is 947. The Morgan fingerprint density at radius 2 is 1.41 bits per heavy atom. The first kappa shape index (κ1) is 19.0. The van der Waals surface area contributed by atoms with Crippen molar-refractivity contribution in [2.24, 2.45) is 0 Å². The van der Waals surface area contributed by atoms with Gasteiger partial charge in [-0.15, -0.1) is 0 Å². The highest BCUT2D eigenvalue weighted by atomic mass is 32.2. The van der Waals surface area contributed by atoms with Gasteiger partial charge in [0.2, 0.25) is 15.9 Å². The number of carbonyl (C=O) groups is 1. The third-order valence-electron chi connectivity index (χ3n) is 4.59. The van der Waals surface area contributed by atoms with Crippen molar-refractivity contribution in [3.05, 3.63) is 58.6 Å². The molecule has 27 heavy (non-hydrogen) atoms. The number of non-ortho nitro benzene ring substituents is 1. The van der Waals surface area contributed by atoms with E-state index in [0.29, 0.717) is 13.1 Å². The fourth-order valence-corrected chi connectivity index (χ4v) is 4.41. The van der Waals surface area contributed by atoms with Gasteiger partial charge in [-0.05, 0) is 35.4 Å². The molecule has 0 aliphatic carbocycles. The Balaban J connectivity index is 1.76. The molecule has 0 spiro atoms. The van der Waals surface area contributed by atoms with Crippen LogP contribution in [-0.2, 0) is 14.8 Å². The van der Waals surface area contributed by atoms with E-state index in [1.165, 1.54) is 35.5 Å². The van der Waals surface area contributed by atoms with Crippen LogP contribution in [0, 0.1) is 10.1 Å². The van der Waals surface area contributed by atoms with Gasteiger partial charge in [0.15, 0.2) is 0 Å². The molecule has 0 saturated carbocycles. The summed E-state index contributed by atoms with van der Waals surface area (Å²) in [5, 5.41) is 10.7. The SMILES string of the molecule is CC(=O)N1CCN(S(=O)(=O)c2ccc(-c3ccc([N+](=O)[O-])cc3)cc2)CC1. The lowest BCUT2D eigenvalue weighted by molar-refractivity contribution is -0.384. The van der Waals surface area contributed by atoms with E-state index in [9.17, 15) is 23.3 Å². The molecule has 142 valence electrons. The molecule has 1 aliphatic heterocycles. The van der Waals surface area contributed by atoms with Crippen LogP contribution in [0.4, 0.5) is 5.69 Å². The lowest BCUT2D eigenvalue weighted by Gasteiger charge is -2.33. The molecular formula is C18H19N3O5S. The lowest BCUT2D eigenvalue weighted by atomic mass is 10.1. The lowest BCUT2D eigenvalue weighted by Crippen LogP contribution is -2.49. The van der Waals surface area contributed by atoms with Crippen LogP contribution in [0.2, 0.25) is 0 Å². The molecular weight excluding hydrogens is 370 g/mol. The van der Waals surface area contributed by atoms with Crippen LogP contribution in [0.25, 0.3) is 11.1 Å². The molecule has 0 N–H and O–H groups in total. The van der Waals surface area contributed by atoms with Crippen LogP contribution < -0.4 is 0 Å². The van der Waals surface area contributed by atoms with Gasteiger partial charge in [0.05, 0.1) is 9.82 Å². The van der Waals surface area contributed by atoms with Gasteiger partial charge in [-0.2, -0.15) is 4.31 Å². The third-order valence-corrected chi connectivity index (χ3v) is 6.50. The van der Waals surface area contributed by atoms with E-state index in [-0.39, 0.29) is 29.6 Å². The summed E-state index contributed by atoms with van der Waals surface area (Å²) >= 11 is 0. The summed E-state index contributed by atoms with van der Waals surface area (Å²) in [6.45, 7) is 2.78. The Morgan fingerprint density at radius 1 is 0.926 bits per heavy atom. The summed E-state index contributed by atoms with van der Waals surface area (Å²) < 4.78 is 26.9. The highest BCUT2D eigenvalue weighted by molar-refractivity contribution is 7.89. The monoisotopic (exact) mass is 389 g/mol. The van der Waals surface area contributed by atoms with E-state index in [2.05, 4.69) is 0 Å². The van der Waals surface area contributed by atoms with Crippen molar-refractivity contribution in [3.8, 4) is 11.1 Å². The van der Waals surface area contributed by atoms with E-state index >= 15 is 0 Å². The Hall–Kier alpha value is -2.78. The zero-order chi connectivity index (χ0) is 19.6. The maximum atomic E-state index is 12.8. The maximum absolute atomic E-state index is 12.8. The van der Waals surface area contributed by atoms with E-state index in [1.807, 2.05) is 0 Å². The number of amides is 1. The largest absolute Gasteiger partial charge is 0.340 e. The highest BCUT2D eigenvalue weighted by Gasteiger charge is 2.29. The van der Waals surface area contributed by atoms with Gasteiger partial charge < -0.3 is 4.90 Å². The Morgan fingerprint density at radius 3 is 1.85 bits per heavy atom. The van der Waals surface area contributed by atoms with Gasteiger partial charge in [0.1, 0.15) is 0 Å². The van der Waals surface area contributed by atoms with Gasteiger partial charge in [-0.1, -0.05) is 12.1 Å². The molecule has 0 bridgehead atoms. The number of rotatable bonds is 4. The number of hydrogen-bond donors (Lipinski definition) is 0. The quantitative estimate of drug-likeness (QED) is 0.589. The summed E-state index contributed by atoms with van der Waals surface area (Å²) in [4.78, 5) is 23.4. The molecule has 1 fully saturated rings. The van der Waals surface area contributed by atoms with Gasteiger partial charge >= 0.3 is 0 Å². The molecule has 8 nitrogen and oxygen atoms in total. The van der Waals surface area contributed by atoms with Crippen molar-refractivity contribution in [2.45, 2.75) is 11.8 Å². The van der Waals surface area contributed by atoms with Crippen LogP contribution in [0.3, 0.4) is 0 Å². The Labute approximate surface area is 157 Å². The molecule has 0 radical (unpaired) electrons. The van der Waals surface area contributed by atoms with Crippen molar-refractivity contribution in [2.75, 3.05) is 26.2 Å². The van der Waals surface area contributed by atoms with Crippen molar-refractivity contribution in [1.29, 1.82) is 0 Å². The number of sulfonamides is 1. The molecule has 1 heterocycles. The first-order valence-electron chi connectivity index (χ1n) is 8.39. The predicted octanol–water partition coefficient (Wildman–Crippen LogP) is 2.11. The van der Waals surface area contributed by atoms with E-state index in [4.69, 9.17) is 0 Å². The second-order valence-corrected chi connectivity index (χ2v) is 8.18. The molecule has 1 saturated heterocycles. The van der Waals surface area contributed by atoms with Crippen molar-refractivity contribution < 1.29 is 18.1 Å². The molecule has 3 rings (SSSR count). The van der Waals surface area contributed by atoms with Crippen LogP contribution in [0.5, 0.6) is 0 Å². The minimum absolute atomic E-state index is 0.00245. The maximum Gasteiger partial charge on any atom is 0.269 e. The number of hydrogen-bond acceptors (Lipinski definition) is 5. The normalized spacial score (nSPS) is 15.5. The molecule has 1 aliphatic rings. The fraction of sp³-hybridized carbons (Fsp3) is 0.278. The Kier molecular flexibility index (Phi) is 5.24. The molecule has 2 aromatic carbocycles. The standard InChI is InChI=1S/C18H19N3O5S/c1-14(22)19-10-12-20(13-11-19)27(25,26)18-8-4-16(5-9-18)15-2-6-17(7-3-15)21(23)24/h2-9H,10-13H2,1H3. The average Bonchev–Trinajstić information content (AvgIpc) is 2.68. The molecule has 0 aromatic heterocycles. The van der Waals surface area contributed by atoms with Gasteiger partial charge in [0.25, 0.3) is 5.69 Å². The van der Waals surface area contributed by atoms with Crippen LogP contribution >= 0.6 is 0 Å². The summed E-state index contributed by atoms with van der Waals surface area (Å²) in [6.07, 6.45) is 0. The predicted molar refractivity (Wildman–Crippen MR) is 99.5 cm³/mol. The second-order valence-electron chi connectivity index (χ2n) is 6.24. The summed E-state index contributed by atoms with van der Waals surface area (Å²) in [6, 6.07) is 12.5. The van der Waals surface area contributed by atoms with Gasteiger partial charge in [-0.25, -0.2) is 8.42 Å². The number of benzene rings is 2. The zero-order valence-corrected chi connectivity index (χ0v) is 15.6. The molecule has 2 aromatic rings. The van der Waals surface area contributed by atoms with Crippen LogP contribution in [0.1, 0.15) is 6.92 Å². The second kappa shape index (κ2) is 7.45. The van der Waals surface area contributed by atoms with E-state index in [1.54, 1.807) is 29.2 Å². The smallest absolute Gasteiger partial charge is 0.269 e. The number of nitro benzene ring substituents is 1. The number of nitrogens with zero attached hydrogens (tertiary/aromatic N) is 3. The first-order valence-corrected chi connectivity index (χ1v) is 9.83. The molecule has 9 heteroatoms.